The Labute approximate surface area is 221 Å². The van der Waals surface area contributed by atoms with Gasteiger partial charge in [0, 0.05) is 34.7 Å². The zero-order valence-corrected chi connectivity index (χ0v) is 22.6. The summed E-state index contributed by atoms with van der Waals surface area (Å²) in [5.74, 6) is -4.62. The van der Waals surface area contributed by atoms with Crippen LogP contribution < -0.4 is 0 Å². The number of esters is 3. The predicted octanol–water partition coefficient (Wildman–Crippen LogP) is 3.91. The van der Waals surface area contributed by atoms with Crippen LogP contribution in [0.1, 0.15) is 72.0 Å². The number of Topliss-reactive ketones (excluding diaryl/α,β-unsaturated/α-hetero) is 2. The standard InChI is InChI=1S/C29H34O9/c1-14(30)37-21(26(34)35-6)22-27(2,3)23(32)17-11-16-18(29(22,5)24(17)33)7-9-28(4)19(16)12-20(31)38-25(28)15-8-10-36-13-15/h8,10,13,17-18,21-22,25H,7,9,11-12H2,1-6H3/t17-,18?,21-,22+,25+,28-,29-/m0/s1. The first-order valence-electron chi connectivity index (χ1n) is 13.1. The van der Waals surface area contributed by atoms with Gasteiger partial charge in [-0.25, -0.2) is 4.79 Å². The number of furan rings is 1. The van der Waals surface area contributed by atoms with E-state index in [4.69, 9.17) is 18.6 Å². The van der Waals surface area contributed by atoms with Crippen molar-refractivity contribution in [3.63, 3.8) is 0 Å². The van der Waals surface area contributed by atoms with Gasteiger partial charge in [-0.05, 0) is 36.8 Å². The second-order valence-corrected chi connectivity index (χ2v) is 12.1. The molecule has 3 aliphatic carbocycles. The van der Waals surface area contributed by atoms with Crippen LogP contribution in [0, 0.1) is 34.0 Å². The third-order valence-electron chi connectivity index (χ3n) is 9.84. The molecular formula is C29H34O9. The number of cyclic esters (lactones) is 1. The van der Waals surface area contributed by atoms with E-state index in [9.17, 15) is 24.0 Å². The molecule has 1 aromatic rings. The Kier molecular flexibility index (Phi) is 6.00. The second kappa shape index (κ2) is 8.64. The van der Waals surface area contributed by atoms with Gasteiger partial charge in [-0.15, -0.1) is 0 Å². The first-order valence-corrected chi connectivity index (χ1v) is 13.1. The fourth-order valence-corrected chi connectivity index (χ4v) is 8.22. The summed E-state index contributed by atoms with van der Waals surface area (Å²) in [4.78, 5) is 66.0. The van der Waals surface area contributed by atoms with Crippen molar-refractivity contribution in [3.05, 3.63) is 35.3 Å². The molecule has 0 spiro atoms. The van der Waals surface area contributed by atoms with Gasteiger partial charge in [0.2, 0.25) is 6.10 Å². The Bertz CT molecular complexity index is 1250. The van der Waals surface area contributed by atoms with E-state index in [1.54, 1.807) is 33.1 Å². The van der Waals surface area contributed by atoms with Gasteiger partial charge in [0.15, 0.2) is 5.78 Å². The molecule has 9 nitrogen and oxygen atoms in total. The lowest BCUT2D eigenvalue weighted by Gasteiger charge is -2.61. The number of carbonyl (C=O) groups is 5. The molecule has 3 fully saturated rings. The van der Waals surface area contributed by atoms with Gasteiger partial charge in [0.25, 0.3) is 0 Å². The van der Waals surface area contributed by atoms with Gasteiger partial charge in [0.1, 0.15) is 11.9 Å². The highest BCUT2D eigenvalue weighted by Gasteiger charge is 2.70. The van der Waals surface area contributed by atoms with Crippen molar-refractivity contribution in [3.8, 4) is 0 Å². The fraction of sp³-hybridized carbons (Fsp3) is 0.621. The molecule has 0 amide bonds. The Morgan fingerprint density at radius 3 is 2.42 bits per heavy atom. The topological polar surface area (TPSA) is 126 Å². The maximum Gasteiger partial charge on any atom is 0.347 e. The van der Waals surface area contributed by atoms with E-state index in [1.807, 2.05) is 0 Å². The van der Waals surface area contributed by atoms with Gasteiger partial charge < -0.3 is 18.6 Å². The van der Waals surface area contributed by atoms with Gasteiger partial charge >= 0.3 is 17.9 Å². The molecule has 1 saturated heterocycles. The molecule has 9 heteroatoms. The van der Waals surface area contributed by atoms with E-state index >= 15 is 0 Å². The molecular weight excluding hydrogens is 492 g/mol. The number of rotatable bonds is 4. The molecule has 0 N–H and O–H groups in total. The molecule has 4 aliphatic rings. The predicted molar refractivity (Wildman–Crippen MR) is 131 cm³/mol. The van der Waals surface area contributed by atoms with Crippen LogP contribution in [0.2, 0.25) is 0 Å². The summed E-state index contributed by atoms with van der Waals surface area (Å²) < 4.78 is 21.6. The van der Waals surface area contributed by atoms with Gasteiger partial charge in [-0.2, -0.15) is 0 Å². The molecule has 7 atom stereocenters. The van der Waals surface area contributed by atoms with Crippen molar-refractivity contribution < 1.29 is 42.6 Å². The van der Waals surface area contributed by atoms with E-state index in [2.05, 4.69) is 6.92 Å². The van der Waals surface area contributed by atoms with E-state index in [-0.39, 0.29) is 36.3 Å². The quantitative estimate of drug-likeness (QED) is 0.248. The number of hydrogen-bond donors (Lipinski definition) is 0. The summed E-state index contributed by atoms with van der Waals surface area (Å²) in [5, 5.41) is 0. The van der Waals surface area contributed by atoms with Crippen LogP contribution in [0.3, 0.4) is 0 Å². The zero-order valence-electron chi connectivity index (χ0n) is 22.6. The van der Waals surface area contributed by atoms with E-state index in [0.717, 1.165) is 16.7 Å². The Balaban J connectivity index is 1.71. The maximum absolute atomic E-state index is 14.1. The van der Waals surface area contributed by atoms with Crippen LogP contribution in [-0.2, 0) is 38.2 Å². The summed E-state index contributed by atoms with van der Waals surface area (Å²) in [6.07, 6.45) is 2.63. The first kappa shape index (κ1) is 26.4. The average molecular weight is 527 g/mol. The first-order chi connectivity index (χ1) is 17.8. The van der Waals surface area contributed by atoms with Crippen LogP contribution in [0.4, 0.5) is 0 Å². The number of fused-ring (bicyclic) bond motifs is 5. The van der Waals surface area contributed by atoms with Gasteiger partial charge in [0.05, 0.1) is 32.0 Å². The van der Waals surface area contributed by atoms with Crippen molar-refractivity contribution in [2.75, 3.05) is 7.11 Å². The largest absolute Gasteiger partial charge is 0.472 e. The molecule has 1 unspecified atom stereocenters. The van der Waals surface area contributed by atoms with Crippen LogP contribution >= 0.6 is 0 Å². The summed E-state index contributed by atoms with van der Waals surface area (Å²) >= 11 is 0. The number of methoxy groups -OCH3 is 1. The Morgan fingerprint density at radius 1 is 1.11 bits per heavy atom. The van der Waals surface area contributed by atoms with Gasteiger partial charge in [-0.1, -0.05) is 33.3 Å². The van der Waals surface area contributed by atoms with E-state index < -0.39 is 52.2 Å². The molecule has 2 heterocycles. The Morgan fingerprint density at radius 2 is 1.82 bits per heavy atom. The van der Waals surface area contributed by atoms with Crippen molar-refractivity contribution in [2.24, 2.45) is 34.0 Å². The highest BCUT2D eigenvalue weighted by atomic mass is 16.6. The van der Waals surface area contributed by atoms with Crippen LogP contribution in [0.5, 0.6) is 0 Å². The second-order valence-electron chi connectivity index (χ2n) is 12.1. The third kappa shape index (κ3) is 3.46. The number of allylic oxidation sites excluding steroid dienone is 1. The molecule has 2 bridgehead atoms. The molecule has 0 radical (unpaired) electrons. The van der Waals surface area contributed by atoms with Crippen molar-refractivity contribution in [1.29, 1.82) is 0 Å². The SMILES string of the molecule is COC(=O)[C@@H](OC(C)=O)[C@@H]1C(C)(C)C(=O)[C@@H]2CC3=C4CC(=O)O[C@H](c5ccoc5)[C@@]4(C)CCC3[C@]1(C)C2=O. The third-order valence-corrected chi connectivity index (χ3v) is 9.84. The normalized spacial score (nSPS) is 36.5. The lowest BCUT2D eigenvalue weighted by atomic mass is 9.40. The highest BCUT2D eigenvalue weighted by Crippen LogP contribution is 2.67. The molecule has 0 aromatic carbocycles. The van der Waals surface area contributed by atoms with Gasteiger partial charge in [-0.3, -0.25) is 19.2 Å². The summed E-state index contributed by atoms with van der Waals surface area (Å²) in [6, 6.07) is 1.78. The zero-order chi connectivity index (χ0) is 27.8. The monoisotopic (exact) mass is 526 g/mol. The minimum absolute atomic E-state index is 0.0697. The molecule has 38 heavy (non-hydrogen) atoms. The van der Waals surface area contributed by atoms with Crippen molar-refractivity contribution >= 4 is 29.5 Å². The minimum Gasteiger partial charge on any atom is -0.472 e. The maximum atomic E-state index is 14.1. The van der Waals surface area contributed by atoms with Crippen molar-refractivity contribution in [2.45, 2.75) is 72.5 Å². The molecule has 204 valence electrons. The number of hydrogen-bond acceptors (Lipinski definition) is 9. The van der Waals surface area contributed by atoms with E-state index in [0.29, 0.717) is 12.8 Å². The number of ketones is 2. The highest BCUT2D eigenvalue weighted by molar-refractivity contribution is 6.11. The smallest absolute Gasteiger partial charge is 0.347 e. The Hall–Kier alpha value is -3.23. The molecule has 1 aliphatic heterocycles. The fourth-order valence-electron chi connectivity index (χ4n) is 8.22. The number of carbonyl (C=O) groups excluding carboxylic acids is 5. The molecule has 1 aromatic heterocycles. The van der Waals surface area contributed by atoms with Crippen molar-refractivity contribution in [1.82, 2.24) is 0 Å². The minimum atomic E-state index is -1.43. The average Bonchev–Trinajstić information content (AvgIpc) is 3.38. The lowest BCUT2D eigenvalue weighted by Crippen LogP contribution is -2.68. The van der Waals surface area contributed by atoms with Crippen LogP contribution in [0.25, 0.3) is 0 Å². The lowest BCUT2D eigenvalue weighted by molar-refractivity contribution is -0.194. The summed E-state index contributed by atoms with van der Waals surface area (Å²) in [7, 11) is 1.19. The van der Waals surface area contributed by atoms with Crippen LogP contribution in [0.15, 0.2) is 34.2 Å². The molecule has 5 rings (SSSR count). The van der Waals surface area contributed by atoms with E-state index in [1.165, 1.54) is 20.3 Å². The van der Waals surface area contributed by atoms with Crippen LogP contribution in [-0.4, -0.2) is 42.7 Å². The summed E-state index contributed by atoms with van der Waals surface area (Å²) in [6.45, 7) is 8.47. The summed E-state index contributed by atoms with van der Waals surface area (Å²) in [5.41, 5.74) is -0.329. The number of ether oxygens (including phenoxy) is 3. The molecule has 2 saturated carbocycles.